The highest BCUT2D eigenvalue weighted by atomic mass is 32.1. The predicted molar refractivity (Wildman–Crippen MR) is 519 cm³/mol. The van der Waals surface area contributed by atoms with Crippen molar-refractivity contribution in [3.05, 3.63) is 332 Å². The van der Waals surface area contributed by atoms with E-state index in [9.17, 15) is 0 Å². The van der Waals surface area contributed by atoms with Gasteiger partial charge in [-0.3, -0.25) is 0 Å². The van der Waals surface area contributed by atoms with Crippen molar-refractivity contribution in [2.24, 2.45) is 28.2 Å². The van der Waals surface area contributed by atoms with Crippen molar-refractivity contribution >= 4 is 151 Å². The normalized spacial score (nSPS) is 13.1. The van der Waals surface area contributed by atoms with Crippen LogP contribution in [0.3, 0.4) is 0 Å². The van der Waals surface area contributed by atoms with E-state index in [1.54, 1.807) is 0 Å². The number of furan rings is 4. The third-order valence-electron chi connectivity index (χ3n) is 27.8. The molecular formula is C114H100N4O4S2+4. The van der Waals surface area contributed by atoms with E-state index in [4.69, 9.17) is 17.7 Å². The minimum absolute atomic E-state index is 0.0161. The molecule has 22 aromatic rings. The molecule has 0 fully saturated rings. The smallest absolute Gasteiger partial charge is 0.216 e. The van der Waals surface area contributed by atoms with Gasteiger partial charge in [-0.15, -0.1) is 22.7 Å². The molecule has 0 saturated carbocycles. The third kappa shape index (κ3) is 12.2. The summed E-state index contributed by atoms with van der Waals surface area (Å²) in [5.74, 6) is 0. The first-order chi connectivity index (χ1) is 59.6. The molecular weight excluding hydrogens is 1550 g/mol. The van der Waals surface area contributed by atoms with Crippen LogP contribution in [-0.2, 0) is 39.0 Å². The molecule has 8 nitrogen and oxygen atoms in total. The summed E-state index contributed by atoms with van der Waals surface area (Å²) in [5, 5.41) is 14.7. The topological polar surface area (TPSA) is 68.1 Å². The molecule has 124 heavy (non-hydrogen) atoms. The lowest BCUT2D eigenvalue weighted by Crippen LogP contribution is -2.31. The lowest BCUT2D eigenvalue weighted by atomic mass is 9.82. The van der Waals surface area contributed by atoms with E-state index in [0.717, 1.165) is 44.7 Å². The monoisotopic (exact) mass is 1650 g/mol. The Morgan fingerprint density at radius 1 is 0.218 bits per heavy atom. The van der Waals surface area contributed by atoms with E-state index >= 15 is 0 Å². The van der Waals surface area contributed by atoms with E-state index in [-0.39, 0.29) is 10.8 Å². The van der Waals surface area contributed by atoms with Crippen LogP contribution in [0.2, 0.25) is 0 Å². The van der Waals surface area contributed by atoms with E-state index in [1.165, 1.54) is 240 Å². The van der Waals surface area contributed by atoms with Gasteiger partial charge in [-0.1, -0.05) is 161 Å². The summed E-state index contributed by atoms with van der Waals surface area (Å²) in [6, 6.07) is 80.0. The van der Waals surface area contributed by atoms with E-state index < -0.39 is 0 Å². The number of aryl methyl sites for hydroxylation is 16. The molecule has 2 aliphatic carbocycles. The van der Waals surface area contributed by atoms with Crippen LogP contribution in [0.15, 0.2) is 261 Å². The molecule has 608 valence electrons. The SMILES string of the molecule is Cc1cc(-c2c(C)ccc3c2oc2cc4c(cc23)-c2ccccc2C4(C)C)[n+](C)cc1C.Cc1cc(-c2c(C)ccc3c2oc2cc4c(cc23)C(C)(C)c2ccccc2-4)[n+](C)cc1C.Cc1cc(-c2c(C)ccc3c2oc2cc4c(cc23)sc2ccccc24)[n+](C)cc1C.Cc1cc(-c2c(C)ccc3c2oc2cc4sc5ccccc5c4cc23)[n+](C)cc1C. The molecule has 2 aliphatic rings. The van der Waals surface area contributed by atoms with Crippen molar-refractivity contribution in [3.8, 4) is 67.3 Å². The van der Waals surface area contributed by atoms with E-state index in [2.05, 4.69) is 400 Å². The molecule has 0 saturated heterocycles. The van der Waals surface area contributed by atoms with Gasteiger partial charge in [0.05, 0.1) is 22.3 Å². The molecule has 0 N–H and O–H groups in total. The summed E-state index contributed by atoms with van der Waals surface area (Å²) in [5.41, 5.74) is 43.3. The van der Waals surface area contributed by atoms with Crippen molar-refractivity contribution in [2.45, 2.75) is 122 Å². The summed E-state index contributed by atoms with van der Waals surface area (Å²) in [7, 11) is 8.48. The number of nitrogens with zero attached hydrogens (tertiary/aromatic N) is 4. The van der Waals surface area contributed by atoms with Gasteiger partial charge < -0.3 is 17.7 Å². The second-order valence-corrected chi connectivity index (χ2v) is 38.7. The second-order valence-electron chi connectivity index (χ2n) is 36.5. The van der Waals surface area contributed by atoms with Crippen LogP contribution < -0.4 is 18.3 Å². The Morgan fingerprint density at radius 3 is 0.935 bits per heavy atom. The number of aromatic nitrogens is 4. The number of hydrogen-bond donors (Lipinski definition) is 0. The number of pyridine rings is 4. The van der Waals surface area contributed by atoms with Crippen LogP contribution in [0.25, 0.3) is 195 Å². The maximum absolute atomic E-state index is 6.65. The first kappa shape index (κ1) is 78.2. The Morgan fingerprint density at radius 2 is 0.524 bits per heavy atom. The van der Waals surface area contributed by atoms with Gasteiger partial charge in [-0.05, 0) is 233 Å². The molecule has 0 aliphatic heterocycles. The average molecular weight is 1650 g/mol. The van der Waals surface area contributed by atoms with Crippen molar-refractivity contribution in [1.82, 2.24) is 0 Å². The first-order valence-corrected chi connectivity index (χ1v) is 44.8. The van der Waals surface area contributed by atoms with Crippen LogP contribution in [-0.4, -0.2) is 0 Å². The van der Waals surface area contributed by atoms with E-state index in [0.29, 0.717) is 0 Å². The number of fused-ring (bicyclic) bond motifs is 24. The second kappa shape index (κ2) is 28.7. The quantitative estimate of drug-likeness (QED) is 0.165. The number of thiophene rings is 2. The molecule has 0 spiro atoms. The molecule has 0 amide bonds. The number of rotatable bonds is 4. The van der Waals surface area contributed by atoms with Crippen molar-refractivity contribution < 1.29 is 35.9 Å². The lowest BCUT2D eigenvalue weighted by Gasteiger charge is -2.21. The Kier molecular flexibility index (Phi) is 18.1. The minimum atomic E-state index is -0.0294. The van der Waals surface area contributed by atoms with Crippen LogP contribution in [0.4, 0.5) is 0 Å². The highest BCUT2D eigenvalue weighted by molar-refractivity contribution is 7.26. The fourth-order valence-electron chi connectivity index (χ4n) is 20.4. The fourth-order valence-corrected chi connectivity index (χ4v) is 22.6. The maximum atomic E-state index is 6.65. The summed E-state index contributed by atoms with van der Waals surface area (Å²) in [6.45, 7) is 35.3. The minimum Gasteiger partial charge on any atom is -0.455 e. The first-order valence-electron chi connectivity index (χ1n) is 43.2. The lowest BCUT2D eigenvalue weighted by molar-refractivity contribution is -0.660. The Labute approximate surface area is 730 Å². The average Bonchev–Trinajstić information content (AvgIpc) is 1.55. The van der Waals surface area contributed by atoms with Gasteiger partial charge in [-0.2, -0.15) is 0 Å². The standard InChI is InChI=1S/2C30H28NO.2C27H22NOS/c1-17-11-12-21-23-14-25-22(20-9-7-8-10-24(20)30(25,4)5)15-27(23)32-29(21)28(17)26-13-18(2)19(3)16-31(26)6;1-17-11-12-21-23-14-22-20-9-7-8-10-24(20)30(4,5)25(22)15-27(23)32-29(21)28(17)26-13-18(2)19(3)16-31(26)6;1-15-9-10-19-20-13-25-21(18-7-5-6-8-24(18)30-25)12-23(20)29-27(19)26(15)22-11-16(2)17(3)14-28(22)4;1-15-9-10-19-20-12-21-18-7-5-6-8-24(18)30-25(21)13-23(20)29-27(19)26(15)22-11-16(2)17(3)14-28(22)4/h2*7-16H,1-6H3;2*5-14H,1-4H3/q4*+1. The van der Waals surface area contributed by atoms with Gasteiger partial charge in [0, 0.05) is 141 Å². The van der Waals surface area contributed by atoms with Gasteiger partial charge in [0.15, 0.2) is 24.8 Å². The maximum Gasteiger partial charge on any atom is 0.216 e. The molecule has 0 unspecified atom stereocenters. The Balaban J connectivity index is 0.000000101. The van der Waals surface area contributed by atoms with Crippen LogP contribution in [0.5, 0.6) is 0 Å². The summed E-state index contributed by atoms with van der Waals surface area (Å²) in [6.07, 6.45) is 8.82. The fraction of sp³-hybridized carbons (Fsp3) is 0.193. The van der Waals surface area contributed by atoms with Gasteiger partial charge in [-0.25, -0.2) is 18.3 Å². The summed E-state index contributed by atoms with van der Waals surface area (Å²) < 4.78 is 40.5. The molecule has 10 heteroatoms. The third-order valence-corrected chi connectivity index (χ3v) is 30.1. The van der Waals surface area contributed by atoms with Crippen LogP contribution in [0, 0.1) is 83.1 Å². The number of hydrogen-bond acceptors (Lipinski definition) is 6. The number of benzene rings is 12. The van der Waals surface area contributed by atoms with Crippen molar-refractivity contribution in [3.63, 3.8) is 0 Å². The molecule has 10 aromatic heterocycles. The van der Waals surface area contributed by atoms with Gasteiger partial charge in [0.25, 0.3) is 0 Å². The van der Waals surface area contributed by atoms with Crippen molar-refractivity contribution in [1.29, 1.82) is 0 Å². The predicted octanol–water partition coefficient (Wildman–Crippen LogP) is 29.4. The highest BCUT2D eigenvalue weighted by Crippen LogP contribution is 2.55. The van der Waals surface area contributed by atoms with Gasteiger partial charge in [0.2, 0.25) is 22.8 Å². The molecule has 10 heterocycles. The summed E-state index contributed by atoms with van der Waals surface area (Å²) in [4.78, 5) is 0. The zero-order valence-electron chi connectivity index (χ0n) is 74.3. The van der Waals surface area contributed by atoms with E-state index in [1.807, 2.05) is 22.7 Å². The van der Waals surface area contributed by atoms with Gasteiger partial charge >= 0.3 is 0 Å². The zero-order chi connectivity index (χ0) is 85.9. The molecule has 24 rings (SSSR count). The highest BCUT2D eigenvalue weighted by Gasteiger charge is 2.39. The molecule has 0 bridgehead atoms. The van der Waals surface area contributed by atoms with Gasteiger partial charge in [0.1, 0.15) is 72.9 Å². The van der Waals surface area contributed by atoms with Crippen LogP contribution >= 0.6 is 22.7 Å². The Bertz CT molecular complexity index is 8240. The Hall–Kier alpha value is -13.1. The van der Waals surface area contributed by atoms with Crippen molar-refractivity contribution in [2.75, 3.05) is 0 Å². The zero-order valence-corrected chi connectivity index (χ0v) is 76.0. The molecule has 0 atom stereocenters. The van der Waals surface area contributed by atoms with Crippen LogP contribution in [0.1, 0.15) is 117 Å². The molecule has 12 aromatic carbocycles. The summed E-state index contributed by atoms with van der Waals surface area (Å²) >= 11 is 3.68. The largest absolute Gasteiger partial charge is 0.455 e. The molecule has 0 radical (unpaired) electrons.